The summed E-state index contributed by atoms with van der Waals surface area (Å²) in [6.45, 7) is 3.88. The Morgan fingerprint density at radius 2 is 2.04 bits per heavy atom. The molecule has 3 rings (SSSR count). The molecule has 0 aliphatic rings. The van der Waals surface area contributed by atoms with Crippen LogP contribution < -0.4 is 11.0 Å². The van der Waals surface area contributed by atoms with Gasteiger partial charge in [-0.2, -0.15) is 15.3 Å². The van der Waals surface area contributed by atoms with Crippen LogP contribution in [0.4, 0.5) is 5.69 Å². The van der Waals surface area contributed by atoms with E-state index in [4.69, 9.17) is 11.6 Å². The number of hydrogen-bond donors (Lipinski definition) is 2. The molecule has 122 valence electrons. The molecule has 0 amide bonds. The van der Waals surface area contributed by atoms with Gasteiger partial charge in [0.15, 0.2) is 0 Å². The van der Waals surface area contributed by atoms with Crippen molar-refractivity contribution in [2.45, 2.75) is 13.8 Å². The van der Waals surface area contributed by atoms with E-state index in [0.29, 0.717) is 5.69 Å². The lowest BCUT2D eigenvalue weighted by Gasteiger charge is -2.03. The van der Waals surface area contributed by atoms with Crippen molar-refractivity contribution in [2.75, 3.05) is 5.43 Å². The average Bonchev–Trinajstić information content (AvgIpc) is 2.87. The normalized spacial score (nSPS) is 11.1. The van der Waals surface area contributed by atoms with Crippen LogP contribution in [0.2, 0.25) is 5.02 Å². The van der Waals surface area contributed by atoms with Crippen molar-refractivity contribution in [2.24, 2.45) is 5.10 Å². The summed E-state index contributed by atoms with van der Waals surface area (Å²) in [6.07, 6.45) is 3.04. The number of para-hydroxylation sites is 1. The number of hydrogen-bond acceptors (Lipinski definition) is 5. The molecule has 0 aliphatic carbocycles. The second-order valence-electron chi connectivity index (χ2n) is 5.13. The number of aromatic nitrogens is 4. The van der Waals surface area contributed by atoms with E-state index in [1.165, 1.54) is 6.20 Å². The van der Waals surface area contributed by atoms with Gasteiger partial charge in [0.05, 0.1) is 29.5 Å². The molecular formula is C16H15ClN6O. The minimum absolute atomic E-state index is 0.00979. The van der Waals surface area contributed by atoms with Crippen LogP contribution in [0.25, 0.3) is 5.69 Å². The molecule has 8 heteroatoms. The van der Waals surface area contributed by atoms with Gasteiger partial charge < -0.3 is 0 Å². The Hall–Kier alpha value is -2.93. The number of nitrogens with zero attached hydrogens (tertiary/aromatic N) is 4. The van der Waals surface area contributed by atoms with E-state index in [1.54, 1.807) is 6.21 Å². The van der Waals surface area contributed by atoms with Crippen molar-refractivity contribution in [1.29, 1.82) is 0 Å². The van der Waals surface area contributed by atoms with Crippen LogP contribution in [0, 0.1) is 13.8 Å². The lowest BCUT2D eigenvalue weighted by atomic mass is 10.2. The molecule has 0 saturated carbocycles. The van der Waals surface area contributed by atoms with Crippen molar-refractivity contribution in [1.82, 2.24) is 20.0 Å². The van der Waals surface area contributed by atoms with Crippen molar-refractivity contribution in [3.8, 4) is 5.69 Å². The largest absolute Gasteiger partial charge is 0.285 e. The molecule has 2 N–H and O–H groups in total. The molecule has 0 bridgehead atoms. The third-order valence-electron chi connectivity index (χ3n) is 3.52. The van der Waals surface area contributed by atoms with E-state index in [1.807, 2.05) is 48.9 Å². The van der Waals surface area contributed by atoms with Gasteiger partial charge in [-0.05, 0) is 26.0 Å². The van der Waals surface area contributed by atoms with Crippen LogP contribution >= 0.6 is 11.6 Å². The number of nitrogens with one attached hydrogen (secondary N) is 2. The van der Waals surface area contributed by atoms with E-state index in [-0.39, 0.29) is 5.02 Å². The summed E-state index contributed by atoms with van der Waals surface area (Å²) < 4.78 is 1.86. The highest BCUT2D eigenvalue weighted by Gasteiger charge is 2.11. The van der Waals surface area contributed by atoms with Crippen molar-refractivity contribution in [3.63, 3.8) is 0 Å². The topological polar surface area (TPSA) is 88.0 Å². The van der Waals surface area contributed by atoms with Gasteiger partial charge in [0.2, 0.25) is 0 Å². The smallest absolute Gasteiger partial charge is 0.275 e. The molecular weight excluding hydrogens is 328 g/mol. The minimum Gasteiger partial charge on any atom is -0.275 e. The van der Waals surface area contributed by atoms with Gasteiger partial charge in [0, 0.05) is 5.56 Å². The van der Waals surface area contributed by atoms with E-state index < -0.39 is 5.56 Å². The predicted octanol–water partition coefficient (Wildman–Crippen LogP) is 2.67. The van der Waals surface area contributed by atoms with Crippen LogP contribution in [0.3, 0.4) is 0 Å². The molecule has 2 aromatic heterocycles. The molecule has 7 nitrogen and oxygen atoms in total. The molecule has 0 spiro atoms. The first-order valence-electron chi connectivity index (χ1n) is 7.22. The zero-order valence-electron chi connectivity index (χ0n) is 13.1. The summed E-state index contributed by atoms with van der Waals surface area (Å²) in [7, 11) is 0. The third-order valence-corrected chi connectivity index (χ3v) is 3.90. The molecule has 1 aromatic carbocycles. The summed E-state index contributed by atoms with van der Waals surface area (Å²) in [5.74, 6) is 0. The van der Waals surface area contributed by atoms with Gasteiger partial charge in [-0.3, -0.25) is 10.2 Å². The van der Waals surface area contributed by atoms with Crippen molar-refractivity contribution < 1.29 is 0 Å². The zero-order valence-corrected chi connectivity index (χ0v) is 13.9. The second-order valence-corrected chi connectivity index (χ2v) is 5.51. The molecule has 3 aromatic rings. The zero-order chi connectivity index (χ0) is 17.1. The third kappa shape index (κ3) is 3.07. The summed E-state index contributed by atoms with van der Waals surface area (Å²) >= 11 is 5.89. The van der Waals surface area contributed by atoms with Gasteiger partial charge in [0.1, 0.15) is 10.7 Å². The lowest BCUT2D eigenvalue weighted by molar-refractivity contribution is 0.833. The van der Waals surface area contributed by atoms with E-state index in [0.717, 1.165) is 22.6 Å². The number of aryl methyl sites for hydroxylation is 1. The fraction of sp³-hybridized carbons (Fsp3) is 0.125. The van der Waals surface area contributed by atoms with Gasteiger partial charge in [-0.15, -0.1) is 0 Å². The number of hydrazone groups is 1. The van der Waals surface area contributed by atoms with Gasteiger partial charge >= 0.3 is 0 Å². The second kappa shape index (κ2) is 6.67. The monoisotopic (exact) mass is 342 g/mol. The Morgan fingerprint density at radius 1 is 1.29 bits per heavy atom. The number of rotatable bonds is 4. The molecule has 0 aliphatic heterocycles. The summed E-state index contributed by atoms with van der Waals surface area (Å²) in [5.41, 5.74) is 6.26. The number of H-pyrrole nitrogens is 1. The Labute approximate surface area is 143 Å². The molecule has 0 fully saturated rings. The Balaban J connectivity index is 1.87. The highest BCUT2D eigenvalue weighted by molar-refractivity contribution is 6.32. The fourth-order valence-electron chi connectivity index (χ4n) is 2.29. The summed E-state index contributed by atoms with van der Waals surface area (Å²) in [5, 5.41) is 14.6. The maximum absolute atomic E-state index is 11.4. The van der Waals surface area contributed by atoms with Crippen molar-refractivity contribution in [3.05, 3.63) is 68.9 Å². The van der Waals surface area contributed by atoms with Gasteiger partial charge in [-0.1, -0.05) is 29.8 Å². The van der Waals surface area contributed by atoms with Gasteiger partial charge in [-0.25, -0.2) is 9.78 Å². The number of aromatic amines is 1. The maximum atomic E-state index is 11.4. The predicted molar refractivity (Wildman–Crippen MR) is 94.1 cm³/mol. The first kappa shape index (κ1) is 15.9. The first-order valence-corrected chi connectivity index (χ1v) is 7.59. The molecule has 0 atom stereocenters. The SMILES string of the molecule is Cc1nn(-c2ccccc2)c(C)c1/C=N\Nc1cn[nH]c(=O)c1Cl. The number of anilines is 1. The standard InChI is InChI=1S/C16H15ClN6O/c1-10-13(8-18-20-14-9-19-21-16(24)15(14)17)11(2)23(22-10)12-6-4-3-5-7-12/h3-9H,1-2H3,(H2,20,21,24)/b18-8-. The molecule has 0 saturated heterocycles. The lowest BCUT2D eigenvalue weighted by Crippen LogP contribution is -2.10. The van der Waals surface area contributed by atoms with E-state index >= 15 is 0 Å². The fourth-order valence-corrected chi connectivity index (χ4v) is 2.42. The van der Waals surface area contributed by atoms with Crippen LogP contribution in [-0.2, 0) is 0 Å². The molecule has 24 heavy (non-hydrogen) atoms. The molecule has 2 heterocycles. The van der Waals surface area contributed by atoms with Crippen LogP contribution in [0.5, 0.6) is 0 Å². The average molecular weight is 343 g/mol. The summed E-state index contributed by atoms with van der Waals surface area (Å²) in [4.78, 5) is 11.4. The number of benzene rings is 1. The van der Waals surface area contributed by atoms with E-state index in [9.17, 15) is 4.79 Å². The quantitative estimate of drug-likeness (QED) is 0.563. The van der Waals surface area contributed by atoms with E-state index in [2.05, 4.69) is 25.8 Å². The number of halogens is 1. The van der Waals surface area contributed by atoms with Crippen LogP contribution in [0.15, 0.2) is 46.4 Å². The first-order chi connectivity index (χ1) is 11.6. The Kier molecular flexibility index (Phi) is 4.43. The highest BCUT2D eigenvalue weighted by atomic mass is 35.5. The Bertz CT molecular complexity index is 945. The molecule has 0 radical (unpaired) electrons. The van der Waals surface area contributed by atoms with Gasteiger partial charge in [0.25, 0.3) is 5.56 Å². The summed E-state index contributed by atoms with van der Waals surface area (Å²) in [6, 6.07) is 9.85. The van der Waals surface area contributed by atoms with Crippen LogP contribution in [-0.4, -0.2) is 26.2 Å². The Morgan fingerprint density at radius 3 is 2.79 bits per heavy atom. The highest BCUT2D eigenvalue weighted by Crippen LogP contribution is 2.17. The van der Waals surface area contributed by atoms with Crippen LogP contribution in [0.1, 0.15) is 17.0 Å². The molecule has 0 unspecified atom stereocenters. The van der Waals surface area contributed by atoms with Crippen molar-refractivity contribution >= 4 is 23.5 Å². The minimum atomic E-state index is -0.471. The maximum Gasteiger partial charge on any atom is 0.285 e.